The van der Waals surface area contributed by atoms with E-state index in [-0.39, 0.29) is 18.0 Å². The molecular weight excluding hydrogens is 396 g/mol. The number of hydrogen-bond acceptors (Lipinski definition) is 4. The van der Waals surface area contributed by atoms with Gasteiger partial charge in [0.25, 0.3) is 0 Å². The number of hydrogen-bond donors (Lipinski definition) is 3. The number of anilines is 2. The molecule has 0 radical (unpaired) electrons. The van der Waals surface area contributed by atoms with E-state index < -0.39 is 0 Å². The highest BCUT2D eigenvalue weighted by atomic mass is 32.1. The van der Waals surface area contributed by atoms with E-state index in [9.17, 15) is 9.59 Å². The van der Waals surface area contributed by atoms with Gasteiger partial charge in [0.2, 0.25) is 5.91 Å². The monoisotopic (exact) mass is 422 g/mol. The Morgan fingerprint density at radius 1 is 0.967 bits per heavy atom. The van der Waals surface area contributed by atoms with Crippen molar-refractivity contribution in [3.05, 3.63) is 77.3 Å². The van der Waals surface area contributed by atoms with Gasteiger partial charge in [0.05, 0.1) is 5.69 Å². The minimum absolute atomic E-state index is 0.0138. The number of para-hydroxylation sites is 1. The third-order valence-electron chi connectivity index (χ3n) is 4.53. The Morgan fingerprint density at radius 3 is 2.40 bits per heavy atom. The first-order valence-corrected chi connectivity index (χ1v) is 10.9. The summed E-state index contributed by atoms with van der Waals surface area (Å²) in [5, 5.41) is 10.9. The molecule has 0 spiro atoms. The van der Waals surface area contributed by atoms with E-state index in [1.165, 1.54) is 16.9 Å². The van der Waals surface area contributed by atoms with Crippen molar-refractivity contribution in [3.8, 4) is 0 Å². The van der Waals surface area contributed by atoms with E-state index in [1.54, 1.807) is 0 Å². The Hall–Kier alpha value is -3.19. The molecule has 1 atom stereocenters. The second kappa shape index (κ2) is 11.1. The van der Waals surface area contributed by atoms with Gasteiger partial charge in [0.1, 0.15) is 0 Å². The second-order valence-electron chi connectivity index (χ2n) is 7.08. The molecule has 3 N–H and O–H groups in total. The molecule has 0 unspecified atom stereocenters. The number of nitrogens with zero attached hydrogens (tertiary/aromatic N) is 1. The maximum absolute atomic E-state index is 12.2. The van der Waals surface area contributed by atoms with Gasteiger partial charge in [0.15, 0.2) is 5.13 Å². The number of benzene rings is 2. The zero-order valence-electron chi connectivity index (χ0n) is 16.9. The molecule has 0 saturated carbocycles. The highest BCUT2D eigenvalue weighted by molar-refractivity contribution is 7.13. The van der Waals surface area contributed by atoms with Crippen molar-refractivity contribution in [2.45, 2.75) is 38.6 Å². The fourth-order valence-corrected chi connectivity index (χ4v) is 3.69. The SMILES string of the molecule is C[C@@H](CCc1ccccc1)NC(=O)CCc1csc(NC(=O)Nc2ccccc2)n1. The number of rotatable bonds is 9. The summed E-state index contributed by atoms with van der Waals surface area (Å²) < 4.78 is 0. The van der Waals surface area contributed by atoms with Crippen LogP contribution in [0.5, 0.6) is 0 Å². The van der Waals surface area contributed by atoms with Crippen molar-refractivity contribution >= 4 is 34.1 Å². The number of carbonyl (C=O) groups excluding carboxylic acids is 2. The normalized spacial score (nSPS) is 11.5. The van der Waals surface area contributed by atoms with Gasteiger partial charge >= 0.3 is 6.03 Å². The average molecular weight is 423 g/mol. The molecule has 0 aliphatic heterocycles. The van der Waals surface area contributed by atoms with Crippen LogP contribution < -0.4 is 16.0 Å². The van der Waals surface area contributed by atoms with E-state index in [1.807, 2.05) is 60.8 Å². The first-order chi connectivity index (χ1) is 14.6. The summed E-state index contributed by atoms with van der Waals surface area (Å²) in [4.78, 5) is 28.6. The molecule has 1 heterocycles. The Balaban J connectivity index is 1.37. The van der Waals surface area contributed by atoms with Crippen LogP contribution in [0, 0.1) is 0 Å². The van der Waals surface area contributed by atoms with Crippen molar-refractivity contribution < 1.29 is 9.59 Å². The lowest BCUT2D eigenvalue weighted by molar-refractivity contribution is -0.121. The first kappa shape index (κ1) is 21.5. The molecule has 6 nitrogen and oxygen atoms in total. The van der Waals surface area contributed by atoms with Crippen molar-refractivity contribution in [1.82, 2.24) is 10.3 Å². The lowest BCUT2D eigenvalue weighted by Crippen LogP contribution is -2.33. The van der Waals surface area contributed by atoms with Crippen LogP contribution in [-0.2, 0) is 17.6 Å². The van der Waals surface area contributed by atoms with Crippen LogP contribution in [0.4, 0.5) is 15.6 Å². The number of aryl methyl sites for hydroxylation is 2. The van der Waals surface area contributed by atoms with Gasteiger partial charge in [-0.3, -0.25) is 10.1 Å². The quantitative estimate of drug-likeness (QED) is 0.461. The lowest BCUT2D eigenvalue weighted by atomic mass is 10.1. The van der Waals surface area contributed by atoms with Gasteiger partial charge < -0.3 is 10.6 Å². The van der Waals surface area contributed by atoms with Crippen molar-refractivity contribution in [3.63, 3.8) is 0 Å². The molecule has 0 aliphatic rings. The van der Waals surface area contributed by atoms with E-state index in [4.69, 9.17) is 0 Å². The van der Waals surface area contributed by atoms with Gasteiger partial charge in [-0.2, -0.15) is 0 Å². The molecular formula is C23H26N4O2S. The molecule has 7 heteroatoms. The zero-order valence-corrected chi connectivity index (χ0v) is 17.7. The molecule has 3 aromatic rings. The fraction of sp³-hybridized carbons (Fsp3) is 0.261. The maximum Gasteiger partial charge on any atom is 0.325 e. The summed E-state index contributed by atoms with van der Waals surface area (Å²) >= 11 is 1.34. The Morgan fingerprint density at radius 2 is 1.67 bits per heavy atom. The molecule has 1 aromatic heterocycles. The lowest BCUT2D eigenvalue weighted by Gasteiger charge is -2.13. The summed E-state index contributed by atoms with van der Waals surface area (Å²) in [7, 11) is 0. The number of amides is 3. The Bertz CT molecular complexity index is 944. The average Bonchev–Trinajstić information content (AvgIpc) is 3.19. The summed E-state index contributed by atoms with van der Waals surface area (Å²) in [5.74, 6) is 0.0138. The molecule has 156 valence electrons. The summed E-state index contributed by atoms with van der Waals surface area (Å²) in [6.07, 6.45) is 2.75. The molecule has 0 bridgehead atoms. The topological polar surface area (TPSA) is 83.1 Å². The Labute approximate surface area is 180 Å². The number of thiazole rings is 1. The molecule has 3 amide bonds. The minimum atomic E-state index is -0.341. The zero-order chi connectivity index (χ0) is 21.2. The Kier molecular flexibility index (Phi) is 7.97. The molecule has 0 saturated heterocycles. The van der Waals surface area contributed by atoms with Gasteiger partial charge in [0, 0.05) is 23.5 Å². The standard InChI is InChI=1S/C23H26N4O2S/c1-17(12-13-18-8-4-2-5-9-18)24-21(28)15-14-20-16-30-23(26-20)27-22(29)25-19-10-6-3-7-11-19/h2-11,16-17H,12-15H2,1H3,(H,24,28)(H2,25,26,27,29)/t17-/m0/s1. The molecule has 0 fully saturated rings. The van der Waals surface area contributed by atoms with Crippen LogP contribution in [0.1, 0.15) is 31.0 Å². The molecule has 30 heavy (non-hydrogen) atoms. The number of urea groups is 1. The van der Waals surface area contributed by atoms with E-state index in [0.29, 0.717) is 23.7 Å². The van der Waals surface area contributed by atoms with Gasteiger partial charge in [-0.25, -0.2) is 9.78 Å². The maximum atomic E-state index is 12.2. The van der Waals surface area contributed by atoms with Crippen LogP contribution in [0.2, 0.25) is 0 Å². The van der Waals surface area contributed by atoms with Crippen LogP contribution in [0.15, 0.2) is 66.0 Å². The van der Waals surface area contributed by atoms with E-state index in [0.717, 1.165) is 18.5 Å². The van der Waals surface area contributed by atoms with Crippen molar-refractivity contribution in [2.75, 3.05) is 10.6 Å². The van der Waals surface area contributed by atoms with Gasteiger partial charge in [-0.1, -0.05) is 48.5 Å². The number of carbonyl (C=O) groups is 2. The van der Waals surface area contributed by atoms with Gasteiger partial charge in [-0.05, 0) is 43.9 Å². The number of aromatic nitrogens is 1. The fourth-order valence-electron chi connectivity index (χ4n) is 2.95. The van der Waals surface area contributed by atoms with Crippen LogP contribution in [0.25, 0.3) is 0 Å². The van der Waals surface area contributed by atoms with Crippen LogP contribution in [0.3, 0.4) is 0 Å². The van der Waals surface area contributed by atoms with Crippen molar-refractivity contribution in [2.24, 2.45) is 0 Å². The number of nitrogens with one attached hydrogen (secondary N) is 3. The molecule has 3 rings (SSSR count). The van der Waals surface area contributed by atoms with Crippen LogP contribution >= 0.6 is 11.3 Å². The molecule has 2 aromatic carbocycles. The smallest absolute Gasteiger partial charge is 0.325 e. The highest BCUT2D eigenvalue weighted by Crippen LogP contribution is 2.17. The summed E-state index contributed by atoms with van der Waals surface area (Å²) in [6, 6.07) is 19.3. The predicted molar refractivity (Wildman–Crippen MR) is 122 cm³/mol. The van der Waals surface area contributed by atoms with E-state index >= 15 is 0 Å². The minimum Gasteiger partial charge on any atom is -0.354 e. The second-order valence-corrected chi connectivity index (χ2v) is 7.94. The summed E-state index contributed by atoms with van der Waals surface area (Å²) in [5.41, 5.74) is 2.78. The van der Waals surface area contributed by atoms with Gasteiger partial charge in [-0.15, -0.1) is 11.3 Å². The summed E-state index contributed by atoms with van der Waals surface area (Å²) in [6.45, 7) is 2.02. The predicted octanol–water partition coefficient (Wildman–Crippen LogP) is 4.86. The first-order valence-electron chi connectivity index (χ1n) is 9.99. The third-order valence-corrected chi connectivity index (χ3v) is 5.33. The van der Waals surface area contributed by atoms with Crippen molar-refractivity contribution in [1.29, 1.82) is 0 Å². The van der Waals surface area contributed by atoms with Crippen LogP contribution in [-0.4, -0.2) is 23.0 Å². The third kappa shape index (κ3) is 7.33. The largest absolute Gasteiger partial charge is 0.354 e. The molecule has 0 aliphatic carbocycles. The highest BCUT2D eigenvalue weighted by Gasteiger charge is 2.11. The van der Waals surface area contributed by atoms with E-state index in [2.05, 4.69) is 33.1 Å².